The molecule has 72 valence electrons. The fourth-order valence-electron chi connectivity index (χ4n) is 2.01. The van der Waals surface area contributed by atoms with E-state index < -0.39 is 0 Å². The minimum Gasteiger partial charge on any atom is -0.0911 e. The predicted octanol–water partition coefficient (Wildman–Crippen LogP) is 4.42. The third kappa shape index (κ3) is 5.40. The summed E-state index contributed by atoms with van der Waals surface area (Å²) in [5.74, 6) is 0.862. The van der Waals surface area contributed by atoms with Gasteiger partial charge in [0.05, 0.1) is 0 Å². The first kappa shape index (κ1) is 11.7. The largest absolute Gasteiger partial charge is 0.0911 e. The molecule has 0 fully saturated rings. The summed E-state index contributed by atoms with van der Waals surface area (Å²) in [6.07, 6.45) is 8.47. The monoisotopic (exact) mass is 168 g/mol. The van der Waals surface area contributed by atoms with E-state index in [4.69, 9.17) is 0 Å². The van der Waals surface area contributed by atoms with Gasteiger partial charge in [-0.15, -0.1) is 0 Å². The third-order valence-corrected chi connectivity index (χ3v) is 2.27. The summed E-state index contributed by atoms with van der Waals surface area (Å²) in [5.41, 5.74) is 0.392. The van der Waals surface area contributed by atoms with Crippen molar-refractivity contribution in [2.24, 2.45) is 11.3 Å². The Morgan fingerprint density at radius 2 is 1.92 bits per heavy atom. The van der Waals surface area contributed by atoms with Gasteiger partial charge < -0.3 is 0 Å². The first-order valence-corrected chi connectivity index (χ1v) is 5.15. The van der Waals surface area contributed by atoms with E-state index in [1.165, 1.54) is 19.3 Å². The number of rotatable bonds is 5. The van der Waals surface area contributed by atoms with Gasteiger partial charge in [0.25, 0.3) is 0 Å². The van der Waals surface area contributed by atoms with Crippen molar-refractivity contribution in [3.05, 3.63) is 12.2 Å². The summed E-state index contributed by atoms with van der Waals surface area (Å²) in [6, 6.07) is 0. The van der Waals surface area contributed by atoms with E-state index in [-0.39, 0.29) is 0 Å². The lowest BCUT2D eigenvalue weighted by molar-refractivity contribution is 0.333. The van der Waals surface area contributed by atoms with Crippen LogP contribution in [-0.2, 0) is 0 Å². The van der Waals surface area contributed by atoms with Crippen molar-refractivity contribution in [3.8, 4) is 0 Å². The SMILES string of the molecule is C/C=C/C(C)(C)CC(C)CCC. The van der Waals surface area contributed by atoms with E-state index >= 15 is 0 Å². The molecular formula is C12H24. The van der Waals surface area contributed by atoms with Gasteiger partial charge in [0, 0.05) is 0 Å². The van der Waals surface area contributed by atoms with Gasteiger partial charge >= 0.3 is 0 Å². The second-order valence-corrected chi connectivity index (χ2v) is 4.59. The van der Waals surface area contributed by atoms with Crippen LogP contribution in [0.2, 0.25) is 0 Å². The van der Waals surface area contributed by atoms with Crippen molar-refractivity contribution in [1.82, 2.24) is 0 Å². The van der Waals surface area contributed by atoms with Gasteiger partial charge in [-0.25, -0.2) is 0 Å². The second-order valence-electron chi connectivity index (χ2n) is 4.59. The lowest BCUT2D eigenvalue weighted by atomic mass is 9.82. The highest BCUT2D eigenvalue weighted by Gasteiger charge is 2.16. The molecule has 1 atom stereocenters. The Labute approximate surface area is 78.1 Å². The molecule has 0 aliphatic carbocycles. The predicted molar refractivity (Wildman–Crippen MR) is 57.3 cm³/mol. The molecule has 0 aliphatic heterocycles. The number of hydrogen-bond donors (Lipinski definition) is 0. The van der Waals surface area contributed by atoms with Crippen LogP contribution in [0.1, 0.15) is 53.9 Å². The average molecular weight is 168 g/mol. The highest BCUT2D eigenvalue weighted by molar-refractivity contribution is 4.93. The van der Waals surface area contributed by atoms with Gasteiger partial charge in [-0.2, -0.15) is 0 Å². The Bertz CT molecular complexity index is 131. The summed E-state index contributed by atoms with van der Waals surface area (Å²) in [4.78, 5) is 0. The van der Waals surface area contributed by atoms with Crippen LogP contribution in [0, 0.1) is 11.3 Å². The molecule has 0 rings (SSSR count). The highest BCUT2D eigenvalue weighted by Crippen LogP contribution is 2.28. The molecule has 0 heteroatoms. The van der Waals surface area contributed by atoms with Crippen LogP contribution in [0.25, 0.3) is 0 Å². The van der Waals surface area contributed by atoms with E-state index in [0.717, 1.165) is 5.92 Å². The van der Waals surface area contributed by atoms with Gasteiger partial charge in [0.2, 0.25) is 0 Å². The number of allylic oxidation sites excluding steroid dienone is 2. The molecule has 0 nitrogen and oxygen atoms in total. The maximum Gasteiger partial charge on any atom is -0.0172 e. The van der Waals surface area contributed by atoms with Gasteiger partial charge in [-0.3, -0.25) is 0 Å². The van der Waals surface area contributed by atoms with Crippen molar-refractivity contribution >= 4 is 0 Å². The zero-order valence-electron chi connectivity index (χ0n) is 9.35. The van der Waals surface area contributed by atoms with E-state index in [1.54, 1.807) is 0 Å². The molecule has 0 aromatic carbocycles. The third-order valence-electron chi connectivity index (χ3n) is 2.27. The molecule has 0 aliphatic rings. The summed E-state index contributed by atoms with van der Waals surface area (Å²) >= 11 is 0. The molecule has 0 aromatic rings. The van der Waals surface area contributed by atoms with Crippen LogP contribution in [0.3, 0.4) is 0 Å². The van der Waals surface area contributed by atoms with Crippen molar-refractivity contribution < 1.29 is 0 Å². The fraction of sp³-hybridized carbons (Fsp3) is 0.833. The van der Waals surface area contributed by atoms with E-state index in [2.05, 4.69) is 46.8 Å². The smallest absolute Gasteiger partial charge is 0.0172 e. The molecule has 0 bridgehead atoms. The summed E-state index contributed by atoms with van der Waals surface area (Å²) < 4.78 is 0. The van der Waals surface area contributed by atoms with Crippen LogP contribution in [0.5, 0.6) is 0 Å². The lowest BCUT2D eigenvalue weighted by Crippen LogP contribution is -2.12. The Kier molecular flexibility index (Phi) is 5.28. The normalized spacial score (nSPS) is 15.4. The first-order chi connectivity index (χ1) is 5.52. The molecule has 0 heterocycles. The summed E-state index contributed by atoms with van der Waals surface area (Å²) in [6.45, 7) is 11.4. The zero-order chi connectivity index (χ0) is 9.61. The Morgan fingerprint density at radius 1 is 1.33 bits per heavy atom. The maximum atomic E-state index is 2.36. The topological polar surface area (TPSA) is 0 Å². The molecule has 0 saturated heterocycles. The molecule has 0 radical (unpaired) electrons. The van der Waals surface area contributed by atoms with E-state index in [9.17, 15) is 0 Å². The quantitative estimate of drug-likeness (QED) is 0.533. The average Bonchev–Trinajstić information content (AvgIpc) is 1.85. The molecule has 0 amide bonds. The van der Waals surface area contributed by atoms with Crippen LogP contribution < -0.4 is 0 Å². The molecule has 1 unspecified atom stereocenters. The van der Waals surface area contributed by atoms with Crippen molar-refractivity contribution in [1.29, 1.82) is 0 Å². The first-order valence-electron chi connectivity index (χ1n) is 5.15. The van der Waals surface area contributed by atoms with Crippen molar-refractivity contribution in [2.45, 2.75) is 53.9 Å². The Balaban J connectivity index is 3.87. The van der Waals surface area contributed by atoms with Crippen LogP contribution in [0.4, 0.5) is 0 Å². The Morgan fingerprint density at radius 3 is 2.33 bits per heavy atom. The summed E-state index contributed by atoms with van der Waals surface area (Å²) in [7, 11) is 0. The van der Waals surface area contributed by atoms with E-state index in [0.29, 0.717) is 5.41 Å². The zero-order valence-corrected chi connectivity index (χ0v) is 9.35. The maximum absolute atomic E-state index is 2.36. The minimum atomic E-state index is 0.392. The highest BCUT2D eigenvalue weighted by atomic mass is 14.2. The van der Waals surface area contributed by atoms with Gasteiger partial charge in [0.1, 0.15) is 0 Å². The Hall–Kier alpha value is -0.260. The van der Waals surface area contributed by atoms with Crippen LogP contribution in [0.15, 0.2) is 12.2 Å². The minimum absolute atomic E-state index is 0.392. The molecule has 0 saturated carbocycles. The molecular weight excluding hydrogens is 144 g/mol. The number of hydrogen-bond acceptors (Lipinski definition) is 0. The fourth-order valence-corrected chi connectivity index (χ4v) is 2.01. The van der Waals surface area contributed by atoms with Crippen molar-refractivity contribution in [2.75, 3.05) is 0 Å². The van der Waals surface area contributed by atoms with E-state index in [1.807, 2.05) is 0 Å². The molecule has 0 N–H and O–H groups in total. The molecule has 12 heavy (non-hydrogen) atoms. The molecule has 0 spiro atoms. The van der Waals surface area contributed by atoms with Crippen LogP contribution in [-0.4, -0.2) is 0 Å². The molecule has 0 aromatic heterocycles. The lowest BCUT2D eigenvalue weighted by Gasteiger charge is -2.24. The van der Waals surface area contributed by atoms with Crippen LogP contribution >= 0.6 is 0 Å². The van der Waals surface area contributed by atoms with Crippen molar-refractivity contribution in [3.63, 3.8) is 0 Å². The standard InChI is InChI=1S/C12H24/c1-6-8-11(3)10-12(4,5)9-7-2/h7,9,11H,6,8,10H2,1-5H3/b9-7+. The van der Waals surface area contributed by atoms with Gasteiger partial charge in [-0.05, 0) is 24.7 Å². The van der Waals surface area contributed by atoms with Gasteiger partial charge in [-0.1, -0.05) is 52.7 Å². The van der Waals surface area contributed by atoms with Gasteiger partial charge in [0.15, 0.2) is 0 Å². The summed E-state index contributed by atoms with van der Waals surface area (Å²) in [5, 5.41) is 0. The second kappa shape index (κ2) is 5.40.